The number of carbonyl (C=O) groups is 1. The summed E-state index contributed by atoms with van der Waals surface area (Å²) >= 11 is 0. The number of anilines is 1. The summed E-state index contributed by atoms with van der Waals surface area (Å²) in [5.74, 6) is -1.36. The van der Waals surface area contributed by atoms with E-state index in [0.29, 0.717) is 29.9 Å². The Hall–Kier alpha value is -2.63. The molecule has 0 unspecified atom stereocenters. The molecule has 0 atom stereocenters. The SMILES string of the molecule is CCOc1ccc(NC(=O)c2ccc(F)cc2F)cc1OC. The molecule has 0 spiro atoms. The van der Waals surface area contributed by atoms with Crippen LogP contribution in [0.4, 0.5) is 14.5 Å². The summed E-state index contributed by atoms with van der Waals surface area (Å²) in [6.45, 7) is 2.31. The Balaban J connectivity index is 2.21. The number of amides is 1. The highest BCUT2D eigenvalue weighted by Crippen LogP contribution is 2.30. The van der Waals surface area contributed by atoms with E-state index in [9.17, 15) is 13.6 Å². The van der Waals surface area contributed by atoms with Crippen molar-refractivity contribution in [3.63, 3.8) is 0 Å². The van der Waals surface area contributed by atoms with Crippen LogP contribution in [-0.4, -0.2) is 19.6 Å². The lowest BCUT2D eigenvalue weighted by Gasteiger charge is -2.12. The number of benzene rings is 2. The van der Waals surface area contributed by atoms with Gasteiger partial charge in [-0.1, -0.05) is 0 Å². The first kappa shape index (κ1) is 15.8. The van der Waals surface area contributed by atoms with Crippen molar-refractivity contribution in [1.82, 2.24) is 0 Å². The van der Waals surface area contributed by atoms with Crippen LogP contribution in [0.3, 0.4) is 0 Å². The molecule has 0 saturated carbocycles. The quantitative estimate of drug-likeness (QED) is 0.917. The number of methoxy groups -OCH3 is 1. The zero-order chi connectivity index (χ0) is 16.1. The lowest BCUT2D eigenvalue weighted by molar-refractivity contribution is 0.102. The molecule has 4 nitrogen and oxygen atoms in total. The molecule has 1 amide bonds. The van der Waals surface area contributed by atoms with E-state index < -0.39 is 17.5 Å². The van der Waals surface area contributed by atoms with Crippen LogP contribution in [0.25, 0.3) is 0 Å². The summed E-state index contributed by atoms with van der Waals surface area (Å²) < 4.78 is 37.0. The second-order valence-electron chi connectivity index (χ2n) is 4.38. The minimum absolute atomic E-state index is 0.241. The molecule has 0 aliphatic heterocycles. The van der Waals surface area contributed by atoms with Crippen molar-refractivity contribution >= 4 is 11.6 Å². The molecular weight excluding hydrogens is 292 g/mol. The maximum absolute atomic E-state index is 13.6. The Kier molecular flexibility index (Phi) is 4.93. The third-order valence-electron chi connectivity index (χ3n) is 2.90. The van der Waals surface area contributed by atoms with Crippen LogP contribution < -0.4 is 14.8 Å². The van der Waals surface area contributed by atoms with Gasteiger partial charge in [-0.3, -0.25) is 4.79 Å². The van der Waals surface area contributed by atoms with Gasteiger partial charge in [0.2, 0.25) is 0 Å². The summed E-state index contributed by atoms with van der Waals surface area (Å²) in [4.78, 5) is 12.0. The van der Waals surface area contributed by atoms with Crippen molar-refractivity contribution in [1.29, 1.82) is 0 Å². The molecule has 6 heteroatoms. The number of hydrogen-bond acceptors (Lipinski definition) is 3. The van der Waals surface area contributed by atoms with Crippen molar-refractivity contribution < 1.29 is 23.0 Å². The Morgan fingerprint density at radius 3 is 2.55 bits per heavy atom. The Labute approximate surface area is 126 Å². The molecule has 0 aliphatic carbocycles. The Bertz CT molecular complexity index is 689. The van der Waals surface area contributed by atoms with Crippen LogP contribution >= 0.6 is 0 Å². The smallest absolute Gasteiger partial charge is 0.258 e. The molecule has 2 aromatic rings. The first-order chi connectivity index (χ1) is 10.5. The standard InChI is InChI=1S/C16H15F2NO3/c1-3-22-14-7-5-11(9-15(14)21-2)19-16(20)12-6-4-10(17)8-13(12)18/h4-9H,3H2,1-2H3,(H,19,20). The van der Waals surface area contributed by atoms with Crippen LogP contribution in [0.15, 0.2) is 36.4 Å². The number of nitrogens with one attached hydrogen (secondary N) is 1. The molecule has 0 aromatic heterocycles. The van der Waals surface area contributed by atoms with Gasteiger partial charge in [0, 0.05) is 17.8 Å². The number of rotatable bonds is 5. The molecule has 2 aromatic carbocycles. The fourth-order valence-electron chi connectivity index (χ4n) is 1.89. The van der Waals surface area contributed by atoms with Crippen LogP contribution in [0.1, 0.15) is 17.3 Å². The fraction of sp³-hybridized carbons (Fsp3) is 0.188. The molecule has 0 radical (unpaired) electrons. The largest absolute Gasteiger partial charge is 0.493 e. The minimum atomic E-state index is -0.921. The first-order valence-electron chi connectivity index (χ1n) is 6.62. The maximum atomic E-state index is 13.6. The predicted molar refractivity (Wildman–Crippen MR) is 78.5 cm³/mol. The molecule has 0 saturated heterocycles. The fourth-order valence-corrected chi connectivity index (χ4v) is 1.89. The van der Waals surface area contributed by atoms with Gasteiger partial charge in [-0.15, -0.1) is 0 Å². The van der Waals surface area contributed by atoms with Gasteiger partial charge in [-0.05, 0) is 31.2 Å². The molecule has 0 bridgehead atoms. The lowest BCUT2D eigenvalue weighted by Crippen LogP contribution is -2.14. The average Bonchev–Trinajstić information content (AvgIpc) is 2.48. The topological polar surface area (TPSA) is 47.6 Å². The third kappa shape index (κ3) is 3.52. The van der Waals surface area contributed by atoms with Gasteiger partial charge in [0.25, 0.3) is 5.91 Å². The summed E-state index contributed by atoms with van der Waals surface area (Å²) in [6.07, 6.45) is 0. The first-order valence-corrected chi connectivity index (χ1v) is 6.62. The van der Waals surface area contributed by atoms with E-state index in [0.717, 1.165) is 12.1 Å². The second kappa shape index (κ2) is 6.89. The molecule has 0 aliphatic rings. The normalized spacial score (nSPS) is 10.2. The molecule has 1 N–H and O–H groups in total. The monoisotopic (exact) mass is 307 g/mol. The number of ether oxygens (including phenoxy) is 2. The molecule has 2 rings (SSSR count). The zero-order valence-electron chi connectivity index (χ0n) is 12.2. The van der Waals surface area contributed by atoms with E-state index in [4.69, 9.17) is 9.47 Å². The summed E-state index contributed by atoms with van der Waals surface area (Å²) in [7, 11) is 1.48. The van der Waals surface area contributed by atoms with Gasteiger partial charge >= 0.3 is 0 Å². The van der Waals surface area contributed by atoms with E-state index in [-0.39, 0.29) is 5.56 Å². The van der Waals surface area contributed by atoms with Gasteiger partial charge in [0.15, 0.2) is 11.5 Å². The van der Waals surface area contributed by atoms with Gasteiger partial charge in [0.1, 0.15) is 11.6 Å². The molecular formula is C16H15F2NO3. The van der Waals surface area contributed by atoms with Gasteiger partial charge < -0.3 is 14.8 Å². The van der Waals surface area contributed by atoms with Crippen LogP contribution in [0.2, 0.25) is 0 Å². The van der Waals surface area contributed by atoms with Crippen molar-refractivity contribution in [3.8, 4) is 11.5 Å². The van der Waals surface area contributed by atoms with Crippen LogP contribution in [0.5, 0.6) is 11.5 Å². The minimum Gasteiger partial charge on any atom is -0.493 e. The van der Waals surface area contributed by atoms with E-state index in [2.05, 4.69) is 5.32 Å². The van der Waals surface area contributed by atoms with Gasteiger partial charge in [0.05, 0.1) is 19.3 Å². The lowest BCUT2D eigenvalue weighted by atomic mass is 10.2. The van der Waals surface area contributed by atoms with Crippen LogP contribution in [0, 0.1) is 11.6 Å². The zero-order valence-corrected chi connectivity index (χ0v) is 12.2. The molecule has 0 fully saturated rings. The van der Waals surface area contributed by atoms with Crippen molar-refractivity contribution in [3.05, 3.63) is 53.6 Å². The van der Waals surface area contributed by atoms with E-state index >= 15 is 0 Å². The van der Waals surface area contributed by atoms with E-state index in [1.165, 1.54) is 7.11 Å². The highest BCUT2D eigenvalue weighted by molar-refractivity contribution is 6.04. The summed E-state index contributed by atoms with van der Waals surface area (Å²) in [6, 6.07) is 7.58. The van der Waals surface area contributed by atoms with Gasteiger partial charge in [-0.2, -0.15) is 0 Å². The average molecular weight is 307 g/mol. The van der Waals surface area contributed by atoms with Crippen LogP contribution in [-0.2, 0) is 0 Å². The second-order valence-corrected chi connectivity index (χ2v) is 4.38. The van der Waals surface area contributed by atoms with Gasteiger partial charge in [-0.25, -0.2) is 8.78 Å². The highest BCUT2D eigenvalue weighted by atomic mass is 19.1. The number of halogens is 2. The van der Waals surface area contributed by atoms with E-state index in [1.807, 2.05) is 6.92 Å². The Morgan fingerprint density at radius 1 is 1.14 bits per heavy atom. The molecule has 0 heterocycles. The summed E-state index contributed by atoms with van der Waals surface area (Å²) in [5.41, 5.74) is 0.170. The molecule has 22 heavy (non-hydrogen) atoms. The Morgan fingerprint density at radius 2 is 1.91 bits per heavy atom. The number of carbonyl (C=O) groups excluding carboxylic acids is 1. The number of hydrogen-bond donors (Lipinski definition) is 1. The van der Waals surface area contributed by atoms with E-state index in [1.54, 1.807) is 18.2 Å². The molecule has 116 valence electrons. The van der Waals surface area contributed by atoms with Crippen molar-refractivity contribution in [2.24, 2.45) is 0 Å². The highest BCUT2D eigenvalue weighted by Gasteiger charge is 2.14. The van der Waals surface area contributed by atoms with Crippen molar-refractivity contribution in [2.45, 2.75) is 6.92 Å². The predicted octanol–water partition coefficient (Wildman–Crippen LogP) is 3.62. The third-order valence-corrected chi connectivity index (χ3v) is 2.90. The van der Waals surface area contributed by atoms with Crippen molar-refractivity contribution in [2.75, 3.05) is 19.0 Å². The maximum Gasteiger partial charge on any atom is 0.258 e. The summed E-state index contributed by atoms with van der Waals surface area (Å²) in [5, 5.41) is 2.53.